The third-order valence-corrected chi connectivity index (χ3v) is 4.49. The average molecular weight is 303 g/mol. The lowest BCUT2D eigenvalue weighted by molar-refractivity contribution is 0.232. The van der Waals surface area contributed by atoms with Gasteiger partial charge in [-0.15, -0.1) is 11.3 Å². The van der Waals surface area contributed by atoms with Gasteiger partial charge in [-0.25, -0.2) is 9.78 Å². The maximum Gasteiger partial charge on any atom is 0.315 e. The highest BCUT2D eigenvalue weighted by Crippen LogP contribution is 2.31. The first-order valence-electron chi connectivity index (χ1n) is 6.82. The second kappa shape index (κ2) is 5.73. The molecule has 0 aliphatic carbocycles. The quantitative estimate of drug-likeness (QED) is 0.916. The van der Waals surface area contributed by atoms with E-state index in [1.807, 2.05) is 38.1 Å². The molecule has 1 aromatic carbocycles. The molecule has 2 heterocycles. The Morgan fingerprint density at radius 2 is 2.24 bits per heavy atom. The lowest BCUT2D eigenvalue weighted by Gasteiger charge is -2.12. The van der Waals surface area contributed by atoms with Crippen LogP contribution in [0.5, 0.6) is 5.75 Å². The number of aromatic nitrogens is 1. The molecule has 0 bridgehead atoms. The van der Waals surface area contributed by atoms with Gasteiger partial charge < -0.3 is 15.4 Å². The lowest BCUT2D eigenvalue weighted by Crippen LogP contribution is -2.38. The number of amides is 2. The van der Waals surface area contributed by atoms with Gasteiger partial charge in [-0.2, -0.15) is 0 Å². The van der Waals surface area contributed by atoms with Gasteiger partial charge in [0.05, 0.1) is 23.3 Å². The van der Waals surface area contributed by atoms with Gasteiger partial charge >= 0.3 is 6.03 Å². The number of hydrogen-bond donors (Lipinski definition) is 2. The third-order valence-electron chi connectivity index (χ3n) is 3.41. The molecule has 0 unspecified atom stereocenters. The average Bonchev–Trinajstić information content (AvgIpc) is 3.00. The van der Waals surface area contributed by atoms with Crippen molar-refractivity contribution in [3.8, 4) is 5.75 Å². The van der Waals surface area contributed by atoms with Crippen molar-refractivity contribution in [2.24, 2.45) is 0 Å². The zero-order valence-corrected chi connectivity index (χ0v) is 12.8. The van der Waals surface area contributed by atoms with Crippen molar-refractivity contribution in [1.82, 2.24) is 15.6 Å². The molecule has 0 radical (unpaired) electrons. The largest absolute Gasteiger partial charge is 0.491 e. The lowest BCUT2D eigenvalue weighted by atomic mass is 10.1. The Morgan fingerprint density at radius 1 is 1.43 bits per heavy atom. The van der Waals surface area contributed by atoms with Crippen LogP contribution in [0.3, 0.4) is 0 Å². The van der Waals surface area contributed by atoms with Crippen LogP contribution in [0.1, 0.15) is 27.2 Å². The molecule has 6 heteroatoms. The number of carbonyl (C=O) groups is 1. The van der Waals surface area contributed by atoms with Gasteiger partial charge in [-0.1, -0.05) is 18.2 Å². The fourth-order valence-corrected chi connectivity index (χ4v) is 3.27. The summed E-state index contributed by atoms with van der Waals surface area (Å²) in [7, 11) is 0. The fraction of sp³-hybridized carbons (Fsp3) is 0.333. The number of fused-ring (bicyclic) bond motifs is 1. The molecule has 2 aromatic rings. The summed E-state index contributed by atoms with van der Waals surface area (Å²) in [6.45, 7) is 4.90. The molecule has 0 saturated heterocycles. The molecular formula is C15H17N3O2S. The van der Waals surface area contributed by atoms with Crippen molar-refractivity contribution in [3.05, 3.63) is 45.4 Å². The van der Waals surface area contributed by atoms with E-state index in [2.05, 4.69) is 15.6 Å². The molecule has 21 heavy (non-hydrogen) atoms. The monoisotopic (exact) mass is 303 g/mol. The Labute approximate surface area is 127 Å². The number of urea groups is 1. The van der Waals surface area contributed by atoms with E-state index in [1.165, 1.54) is 0 Å². The van der Waals surface area contributed by atoms with Crippen molar-refractivity contribution in [2.45, 2.75) is 26.4 Å². The van der Waals surface area contributed by atoms with Crippen LogP contribution < -0.4 is 15.4 Å². The Kier molecular flexibility index (Phi) is 3.79. The van der Waals surface area contributed by atoms with E-state index in [0.717, 1.165) is 26.9 Å². The number of carbonyl (C=O) groups excluding carboxylic acids is 1. The summed E-state index contributed by atoms with van der Waals surface area (Å²) in [5, 5.41) is 6.83. The molecule has 1 aromatic heterocycles. The first-order chi connectivity index (χ1) is 10.1. The molecule has 110 valence electrons. The molecule has 1 aliphatic heterocycles. The van der Waals surface area contributed by atoms with Crippen LogP contribution in [0.4, 0.5) is 4.79 Å². The van der Waals surface area contributed by atoms with E-state index in [0.29, 0.717) is 13.2 Å². The van der Waals surface area contributed by atoms with Gasteiger partial charge in [-0.3, -0.25) is 0 Å². The molecule has 1 aliphatic rings. The van der Waals surface area contributed by atoms with Crippen LogP contribution >= 0.6 is 11.3 Å². The van der Waals surface area contributed by atoms with E-state index in [4.69, 9.17) is 4.74 Å². The highest BCUT2D eigenvalue weighted by molar-refractivity contribution is 7.11. The summed E-state index contributed by atoms with van der Waals surface area (Å²) in [5.74, 6) is 0.844. The predicted octanol–water partition coefficient (Wildman–Crippen LogP) is 2.69. The SMILES string of the molecule is Cc1nc(C)c(CNC(=O)N[C@H]2COc3ccccc32)s1. The first-order valence-corrected chi connectivity index (χ1v) is 7.64. The van der Waals surface area contributed by atoms with E-state index < -0.39 is 0 Å². The molecule has 0 saturated carbocycles. The van der Waals surface area contributed by atoms with Crippen molar-refractivity contribution < 1.29 is 9.53 Å². The smallest absolute Gasteiger partial charge is 0.315 e. The zero-order chi connectivity index (χ0) is 14.8. The van der Waals surface area contributed by atoms with E-state index in [9.17, 15) is 4.79 Å². The van der Waals surface area contributed by atoms with Gasteiger partial charge in [0.1, 0.15) is 12.4 Å². The van der Waals surface area contributed by atoms with E-state index in [1.54, 1.807) is 11.3 Å². The Morgan fingerprint density at radius 3 is 3.00 bits per heavy atom. The number of hydrogen-bond acceptors (Lipinski definition) is 4. The number of rotatable bonds is 3. The van der Waals surface area contributed by atoms with Crippen LogP contribution in [-0.2, 0) is 6.54 Å². The van der Waals surface area contributed by atoms with Crippen LogP contribution in [0.2, 0.25) is 0 Å². The van der Waals surface area contributed by atoms with Gasteiger partial charge in [0, 0.05) is 10.4 Å². The molecule has 2 amide bonds. The highest BCUT2D eigenvalue weighted by Gasteiger charge is 2.24. The number of aryl methyl sites for hydroxylation is 2. The summed E-state index contributed by atoms with van der Waals surface area (Å²) in [5.41, 5.74) is 2.00. The van der Waals surface area contributed by atoms with Crippen LogP contribution in [0, 0.1) is 13.8 Å². The number of ether oxygens (including phenoxy) is 1. The Balaban J connectivity index is 1.57. The molecule has 2 N–H and O–H groups in total. The molecule has 3 rings (SSSR count). The summed E-state index contributed by atoms with van der Waals surface area (Å²) in [6, 6.07) is 7.48. The minimum Gasteiger partial charge on any atom is -0.491 e. The number of para-hydroxylation sites is 1. The van der Waals surface area contributed by atoms with Crippen molar-refractivity contribution in [3.63, 3.8) is 0 Å². The summed E-state index contributed by atoms with van der Waals surface area (Å²) in [4.78, 5) is 17.4. The van der Waals surface area contributed by atoms with Gasteiger partial charge in [0.25, 0.3) is 0 Å². The number of nitrogens with zero attached hydrogens (tertiary/aromatic N) is 1. The van der Waals surface area contributed by atoms with Crippen molar-refractivity contribution >= 4 is 17.4 Å². The standard InChI is InChI=1S/C15H17N3O2S/c1-9-14(21-10(2)17-9)7-16-15(19)18-12-8-20-13-6-4-3-5-11(12)13/h3-6,12H,7-8H2,1-2H3,(H2,16,18,19)/t12-/m0/s1. The minimum absolute atomic E-state index is 0.0921. The predicted molar refractivity (Wildman–Crippen MR) is 81.6 cm³/mol. The topological polar surface area (TPSA) is 63.2 Å². The number of thiazole rings is 1. The molecule has 0 fully saturated rings. The maximum absolute atomic E-state index is 12.0. The molecular weight excluding hydrogens is 286 g/mol. The van der Waals surface area contributed by atoms with Crippen LogP contribution in [0.15, 0.2) is 24.3 Å². The van der Waals surface area contributed by atoms with E-state index >= 15 is 0 Å². The van der Waals surface area contributed by atoms with Crippen LogP contribution in [0.25, 0.3) is 0 Å². The number of benzene rings is 1. The van der Waals surface area contributed by atoms with Gasteiger partial charge in [-0.05, 0) is 19.9 Å². The van der Waals surface area contributed by atoms with Gasteiger partial charge in [0.15, 0.2) is 0 Å². The third kappa shape index (κ3) is 3.00. The molecule has 5 nitrogen and oxygen atoms in total. The van der Waals surface area contributed by atoms with E-state index in [-0.39, 0.29) is 12.1 Å². The summed E-state index contributed by atoms with van der Waals surface area (Å²) < 4.78 is 5.55. The highest BCUT2D eigenvalue weighted by atomic mass is 32.1. The summed E-state index contributed by atoms with van der Waals surface area (Å²) >= 11 is 1.61. The fourth-order valence-electron chi connectivity index (χ4n) is 2.39. The number of nitrogens with one attached hydrogen (secondary N) is 2. The first kappa shape index (κ1) is 13.9. The molecule has 0 spiro atoms. The maximum atomic E-state index is 12.0. The van der Waals surface area contributed by atoms with Gasteiger partial charge in [0.2, 0.25) is 0 Å². The normalized spacial score (nSPS) is 16.2. The van der Waals surface area contributed by atoms with Crippen molar-refractivity contribution in [2.75, 3.05) is 6.61 Å². The summed E-state index contributed by atoms with van der Waals surface area (Å²) in [6.07, 6.45) is 0. The Bertz CT molecular complexity index is 669. The van der Waals surface area contributed by atoms with Crippen LogP contribution in [-0.4, -0.2) is 17.6 Å². The second-order valence-corrected chi connectivity index (χ2v) is 6.26. The Hall–Kier alpha value is -2.08. The second-order valence-electron chi connectivity index (χ2n) is 4.97. The minimum atomic E-state index is -0.189. The van der Waals surface area contributed by atoms with Crippen molar-refractivity contribution in [1.29, 1.82) is 0 Å². The zero-order valence-electron chi connectivity index (χ0n) is 12.0. The molecule has 1 atom stereocenters.